The number of carbonyl (C=O) groups excluding carboxylic acids is 1. The fraction of sp³-hybridized carbons (Fsp3) is 0.0400. The molecular formula is C25H18N4O. The third kappa shape index (κ3) is 4.23. The molecular weight excluding hydrogens is 372 g/mol. The average molecular weight is 390 g/mol. The normalized spacial score (nSPS) is 11.3. The van der Waals surface area contributed by atoms with Crippen molar-refractivity contribution in [3.8, 4) is 6.07 Å². The smallest absolute Gasteiger partial charge is 0.262 e. The molecule has 4 rings (SSSR count). The van der Waals surface area contributed by atoms with Gasteiger partial charge in [-0.05, 0) is 41.5 Å². The van der Waals surface area contributed by atoms with Gasteiger partial charge in [0.1, 0.15) is 11.6 Å². The first kappa shape index (κ1) is 19.0. The SMILES string of the molecule is N#C/C(=C\c1ccc2cccnc2n1)C(=O)NC(c1ccccc1)c1ccccc1. The number of nitriles is 1. The highest BCUT2D eigenvalue weighted by Crippen LogP contribution is 2.22. The largest absolute Gasteiger partial charge is 0.340 e. The van der Waals surface area contributed by atoms with Crippen LogP contribution in [0.15, 0.2) is 96.7 Å². The van der Waals surface area contributed by atoms with Crippen molar-refractivity contribution in [2.24, 2.45) is 0 Å². The molecule has 2 aromatic carbocycles. The van der Waals surface area contributed by atoms with E-state index >= 15 is 0 Å². The molecule has 0 aliphatic carbocycles. The van der Waals surface area contributed by atoms with Gasteiger partial charge >= 0.3 is 0 Å². The van der Waals surface area contributed by atoms with Gasteiger partial charge in [-0.1, -0.05) is 60.7 Å². The van der Waals surface area contributed by atoms with Crippen molar-refractivity contribution in [3.63, 3.8) is 0 Å². The van der Waals surface area contributed by atoms with Gasteiger partial charge < -0.3 is 5.32 Å². The van der Waals surface area contributed by atoms with E-state index in [4.69, 9.17) is 0 Å². The molecule has 0 saturated heterocycles. The Morgan fingerprint density at radius 1 is 0.900 bits per heavy atom. The molecule has 1 N–H and O–H groups in total. The summed E-state index contributed by atoms with van der Waals surface area (Å²) in [5, 5.41) is 13.5. The van der Waals surface area contributed by atoms with Crippen LogP contribution in [-0.2, 0) is 4.79 Å². The number of carbonyl (C=O) groups is 1. The van der Waals surface area contributed by atoms with Crippen LogP contribution in [0.4, 0.5) is 0 Å². The van der Waals surface area contributed by atoms with E-state index in [-0.39, 0.29) is 11.6 Å². The van der Waals surface area contributed by atoms with Crippen molar-refractivity contribution < 1.29 is 4.79 Å². The summed E-state index contributed by atoms with van der Waals surface area (Å²) in [6.45, 7) is 0. The highest BCUT2D eigenvalue weighted by Gasteiger charge is 2.19. The third-order valence-corrected chi connectivity index (χ3v) is 4.68. The Labute approximate surface area is 174 Å². The van der Waals surface area contributed by atoms with Crippen LogP contribution in [0, 0.1) is 11.3 Å². The zero-order valence-electron chi connectivity index (χ0n) is 16.1. The monoisotopic (exact) mass is 390 g/mol. The summed E-state index contributed by atoms with van der Waals surface area (Å²) in [7, 11) is 0. The van der Waals surface area contributed by atoms with Crippen molar-refractivity contribution in [2.75, 3.05) is 0 Å². The lowest BCUT2D eigenvalue weighted by Crippen LogP contribution is -2.30. The van der Waals surface area contributed by atoms with E-state index in [1.165, 1.54) is 6.08 Å². The van der Waals surface area contributed by atoms with Gasteiger partial charge in [-0.15, -0.1) is 0 Å². The molecule has 5 heteroatoms. The highest BCUT2D eigenvalue weighted by atomic mass is 16.1. The van der Waals surface area contributed by atoms with Gasteiger partial charge in [0.15, 0.2) is 5.65 Å². The molecule has 0 atom stereocenters. The van der Waals surface area contributed by atoms with E-state index in [1.807, 2.05) is 84.9 Å². The van der Waals surface area contributed by atoms with Crippen molar-refractivity contribution in [3.05, 3.63) is 114 Å². The zero-order chi connectivity index (χ0) is 20.8. The predicted molar refractivity (Wildman–Crippen MR) is 116 cm³/mol. The van der Waals surface area contributed by atoms with Crippen molar-refractivity contribution in [2.45, 2.75) is 6.04 Å². The number of hydrogen-bond acceptors (Lipinski definition) is 4. The van der Waals surface area contributed by atoms with Crippen molar-refractivity contribution >= 4 is 23.0 Å². The number of fused-ring (bicyclic) bond motifs is 1. The number of amides is 1. The first-order valence-corrected chi connectivity index (χ1v) is 9.49. The van der Waals surface area contributed by atoms with Gasteiger partial charge in [-0.2, -0.15) is 5.26 Å². The summed E-state index contributed by atoms with van der Waals surface area (Å²) in [4.78, 5) is 21.6. The highest BCUT2D eigenvalue weighted by molar-refractivity contribution is 6.02. The molecule has 0 bridgehead atoms. The Morgan fingerprint density at radius 2 is 1.57 bits per heavy atom. The lowest BCUT2D eigenvalue weighted by molar-refractivity contribution is -0.117. The molecule has 0 aliphatic rings. The Morgan fingerprint density at radius 3 is 2.20 bits per heavy atom. The summed E-state index contributed by atoms with van der Waals surface area (Å²) in [6.07, 6.45) is 3.14. The summed E-state index contributed by atoms with van der Waals surface area (Å²) in [5.74, 6) is -0.460. The number of nitrogens with one attached hydrogen (secondary N) is 1. The number of pyridine rings is 2. The first-order chi connectivity index (χ1) is 14.7. The van der Waals surface area contributed by atoms with Crippen molar-refractivity contribution in [1.29, 1.82) is 5.26 Å². The molecule has 2 heterocycles. The molecule has 2 aromatic heterocycles. The van der Waals surface area contributed by atoms with Crippen LogP contribution in [-0.4, -0.2) is 15.9 Å². The lowest BCUT2D eigenvalue weighted by atomic mass is 9.98. The quantitative estimate of drug-likeness (QED) is 0.404. The third-order valence-electron chi connectivity index (χ3n) is 4.68. The Kier molecular flexibility index (Phi) is 5.59. The van der Waals surface area contributed by atoms with Crippen LogP contribution in [0.5, 0.6) is 0 Å². The number of hydrogen-bond donors (Lipinski definition) is 1. The minimum absolute atomic E-state index is 0.0188. The Bertz CT molecular complexity index is 1200. The topological polar surface area (TPSA) is 78.7 Å². The van der Waals surface area contributed by atoms with Gasteiger partial charge in [0.05, 0.1) is 11.7 Å². The van der Waals surface area contributed by atoms with Gasteiger partial charge in [0, 0.05) is 11.6 Å². The molecule has 0 unspecified atom stereocenters. The zero-order valence-corrected chi connectivity index (χ0v) is 16.1. The van der Waals surface area contributed by atoms with E-state index < -0.39 is 5.91 Å². The summed E-state index contributed by atoms with van der Waals surface area (Å²) >= 11 is 0. The molecule has 1 amide bonds. The maximum absolute atomic E-state index is 13.0. The van der Waals surface area contributed by atoms with E-state index in [1.54, 1.807) is 12.3 Å². The van der Waals surface area contributed by atoms with Gasteiger partial charge in [-0.3, -0.25) is 4.79 Å². The summed E-state index contributed by atoms with van der Waals surface area (Å²) < 4.78 is 0. The number of benzene rings is 2. The fourth-order valence-corrected chi connectivity index (χ4v) is 3.20. The molecule has 0 saturated carbocycles. The van der Waals surface area contributed by atoms with E-state index in [2.05, 4.69) is 15.3 Å². The van der Waals surface area contributed by atoms with Crippen LogP contribution in [0.25, 0.3) is 17.1 Å². The van der Waals surface area contributed by atoms with E-state index in [0.717, 1.165) is 16.5 Å². The molecule has 144 valence electrons. The molecule has 30 heavy (non-hydrogen) atoms. The van der Waals surface area contributed by atoms with Crippen LogP contribution >= 0.6 is 0 Å². The maximum Gasteiger partial charge on any atom is 0.262 e. The Balaban J connectivity index is 1.64. The maximum atomic E-state index is 13.0. The second-order valence-corrected chi connectivity index (χ2v) is 6.68. The summed E-state index contributed by atoms with van der Waals surface area (Å²) in [6, 6.07) is 28.3. The first-order valence-electron chi connectivity index (χ1n) is 9.49. The molecule has 0 aliphatic heterocycles. The second-order valence-electron chi connectivity index (χ2n) is 6.68. The Hall–Kier alpha value is -4.30. The number of nitrogens with zero attached hydrogens (tertiary/aromatic N) is 3. The molecule has 4 aromatic rings. The molecule has 0 spiro atoms. The number of rotatable bonds is 5. The molecule has 0 radical (unpaired) electrons. The second kappa shape index (κ2) is 8.80. The molecule has 5 nitrogen and oxygen atoms in total. The minimum atomic E-state index is -0.460. The van der Waals surface area contributed by atoms with Crippen LogP contribution in [0.1, 0.15) is 22.9 Å². The van der Waals surface area contributed by atoms with Crippen LogP contribution < -0.4 is 5.32 Å². The van der Waals surface area contributed by atoms with E-state index in [0.29, 0.717) is 11.3 Å². The van der Waals surface area contributed by atoms with Gasteiger partial charge in [0.2, 0.25) is 0 Å². The lowest BCUT2D eigenvalue weighted by Gasteiger charge is -2.19. The van der Waals surface area contributed by atoms with Crippen molar-refractivity contribution in [1.82, 2.24) is 15.3 Å². The number of aromatic nitrogens is 2. The van der Waals surface area contributed by atoms with Gasteiger partial charge in [-0.25, -0.2) is 9.97 Å². The van der Waals surface area contributed by atoms with Crippen LogP contribution in [0.2, 0.25) is 0 Å². The average Bonchev–Trinajstić information content (AvgIpc) is 2.82. The van der Waals surface area contributed by atoms with Gasteiger partial charge in [0.25, 0.3) is 5.91 Å². The minimum Gasteiger partial charge on any atom is -0.340 e. The van der Waals surface area contributed by atoms with Crippen LogP contribution in [0.3, 0.4) is 0 Å². The fourth-order valence-electron chi connectivity index (χ4n) is 3.20. The van der Waals surface area contributed by atoms with E-state index in [9.17, 15) is 10.1 Å². The standard InChI is InChI=1S/C25H18N4O/c26-17-21(16-22-14-13-20-12-7-15-27-24(20)28-22)25(30)29-23(18-8-3-1-4-9-18)19-10-5-2-6-11-19/h1-16,23H,(H,29,30)/b21-16+. The molecule has 0 fully saturated rings. The predicted octanol–water partition coefficient (Wildman–Crippen LogP) is 4.44. The summed E-state index contributed by atoms with van der Waals surface area (Å²) in [5.41, 5.74) is 2.92.